The molecule has 0 saturated carbocycles. The molecule has 2 aromatic heterocycles. The summed E-state index contributed by atoms with van der Waals surface area (Å²) in [5, 5.41) is 11.7. The number of furan rings is 2. The van der Waals surface area contributed by atoms with Crippen LogP contribution in [-0.2, 0) is 0 Å². The average molecular weight is 801 g/mol. The monoisotopic (exact) mass is 800 g/mol. The molecule has 0 atom stereocenters. The molecule has 10 aromatic carbocycles. The van der Waals surface area contributed by atoms with Crippen molar-refractivity contribution in [1.29, 1.82) is 0 Å². The van der Waals surface area contributed by atoms with Crippen molar-refractivity contribution in [2.24, 2.45) is 0 Å². The molecule has 0 N–H and O–H groups in total. The first-order valence-electron chi connectivity index (χ1n) is 21.5. The van der Waals surface area contributed by atoms with Gasteiger partial charge in [-0.3, -0.25) is 0 Å². The van der Waals surface area contributed by atoms with Crippen LogP contribution in [0.3, 0.4) is 0 Å². The van der Waals surface area contributed by atoms with E-state index in [0.29, 0.717) is 0 Å². The fourth-order valence-corrected chi connectivity index (χ4v) is 10.1. The molecule has 0 fully saturated rings. The first-order chi connectivity index (χ1) is 30.2. The van der Waals surface area contributed by atoms with Crippen LogP contribution < -0.4 is 9.80 Å². The zero-order chi connectivity index (χ0) is 42.0. The topological polar surface area (TPSA) is 32.8 Å². The fourth-order valence-electron chi connectivity index (χ4n) is 10.1. The summed E-state index contributed by atoms with van der Waals surface area (Å²) < 4.78 is 13.8. The first-order valence-corrected chi connectivity index (χ1v) is 21.5. The lowest BCUT2D eigenvalue weighted by Crippen LogP contribution is -2.13. The summed E-state index contributed by atoms with van der Waals surface area (Å²) in [7, 11) is 0. The number of benzene rings is 10. The quantitative estimate of drug-likeness (QED) is 0.157. The largest absolute Gasteiger partial charge is 0.454 e. The molecule has 2 heterocycles. The van der Waals surface area contributed by atoms with Gasteiger partial charge in [-0.1, -0.05) is 121 Å². The van der Waals surface area contributed by atoms with Crippen molar-refractivity contribution >= 4 is 110 Å². The number of hydrogen-bond acceptors (Lipinski definition) is 4. The molecule has 4 heteroatoms. The summed E-state index contributed by atoms with van der Waals surface area (Å²) >= 11 is 0. The minimum absolute atomic E-state index is 0.879. The Morgan fingerprint density at radius 2 is 0.677 bits per heavy atom. The van der Waals surface area contributed by atoms with E-state index in [9.17, 15) is 0 Å². The van der Waals surface area contributed by atoms with Crippen LogP contribution in [0.2, 0.25) is 0 Å². The van der Waals surface area contributed by atoms with Gasteiger partial charge in [-0.05, 0) is 133 Å². The summed E-state index contributed by atoms with van der Waals surface area (Å²) in [5.74, 6) is 0. The van der Waals surface area contributed by atoms with Crippen molar-refractivity contribution in [3.63, 3.8) is 0 Å². The second-order valence-corrected chi connectivity index (χ2v) is 17.3. The van der Waals surface area contributed by atoms with Crippen LogP contribution in [0.25, 0.3) is 76.2 Å². The lowest BCUT2D eigenvalue weighted by Gasteiger charge is -2.30. The second kappa shape index (κ2) is 13.5. The highest BCUT2D eigenvalue weighted by Crippen LogP contribution is 2.51. The van der Waals surface area contributed by atoms with E-state index in [1.165, 1.54) is 54.6 Å². The maximum Gasteiger partial charge on any atom is 0.159 e. The van der Waals surface area contributed by atoms with Gasteiger partial charge in [-0.2, -0.15) is 0 Å². The first kappa shape index (κ1) is 36.3. The van der Waals surface area contributed by atoms with E-state index < -0.39 is 0 Å². The SMILES string of the molecule is Cc1ccc(C)c(N(c2ccc3ccc4c(N(c5cc(C)ccc5C)c5cccc6c5oc5c(C)cccc56)ccc5ccc2c3c54)c2cccc3c2oc2c(C)cccc23)c1. The Labute approximate surface area is 360 Å². The van der Waals surface area contributed by atoms with Crippen molar-refractivity contribution in [1.82, 2.24) is 0 Å². The van der Waals surface area contributed by atoms with Gasteiger partial charge >= 0.3 is 0 Å². The van der Waals surface area contributed by atoms with Crippen LogP contribution in [0.15, 0.2) is 167 Å². The molecule has 0 aliphatic carbocycles. The van der Waals surface area contributed by atoms with Crippen molar-refractivity contribution in [2.45, 2.75) is 41.5 Å². The zero-order valence-electron chi connectivity index (χ0n) is 35.7. The molecule has 0 radical (unpaired) electrons. The summed E-state index contributed by atoms with van der Waals surface area (Å²) in [5.41, 5.74) is 17.1. The van der Waals surface area contributed by atoms with E-state index in [-0.39, 0.29) is 0 Å². The summed E-state index contributed by atoms with van der Waals surface area (Å²) in [6.45, 7) is 13.0. The maximum absolute atomic E-state index is 6.88. The number of hydrogen-bond donors (Lipinski definition) is 0. The predicted molar refractivity (Wildman–Crippen MR) is 262 cm³/mol. The van der Waals surface area contributed by atoms with E-state index in [1.807, 2.05) is 0 Å². The Hall–Kier alpha value is -7.56. The molecular formula is C58H44N2O2. The summed E-state index contributed by atoms with van der Waals surface area (Å²) in [6.07, 6.45) is 0. The Kier molecular flexibility index (Phi) is 7.89. The van der Waals surface area contributed by atoms with E-state index in [1.54, 1.807) is 0 Å². The minimum atomic E-state index is 0.879. The Morgan fingerprint density at radius 3 is 1.11 bits per heavy atom. The van der Waals surface area contributed by atoms with Crippen LogP contribution >= 0.6 is 0 Å². The van der Waals surface area contributed by atoms with Gasteiger partial charge in [0, 0.05) is 43.7 Å². The number of para-hydroxylation sites is 4. The predicted octanol–water partition coefficient (Wildman–Crippen LogP) is 17.2. The van der Waals surface area contributed by atoms with E-state index in [0.717, 1.165) is 89.1 Å². The molecule has 12 rings (SSSR count). The average Bonchev–Trinajstić information content (AvgIpc) is 3.87. The highest BCUT2D eigenvalue weighted by atomic mass is 16.3. The summed E-state index contributed by atoms with van der Waals surface area (Å²) in [6, 6.07) is 57.9. The van der Waals surface area contributed by atoms with Crippen molar-refractivity contribution in [3.05, 3.63) is 191 Å². The molecule has 0 spiro atoms. The van der Waals surface area contributed by atoms with Crippen molar-refractivity contribution in [3.8, 4) is 0 Å². The molecule has 298 valence electrons. The van der Waals surface area contributed by atoms with Gasteiger partial charge in [0.2, 0.25) is 0 Å². The third kappa shape index (κ3) is 5.26. The van der Waals surface area contributed by atoms with Crippen LogP contribution in [0, 0.1) is 41.5 Å². The van der Waals surface area contributed by atoms with E-state index in [2.05, 4.69) is 209 Å². The molecule has 0 aliphatic heterocycles. The van der Waals surface area contributed by atoms with E-state index >= 15 is 0 Å². The number of anilines is 6. The molecule has 4 nitrogen and oxygen atoms in total. The van der Waals surface area contributed by atoms with Crippen LogP contribution in [0.4, 0.5) is 34.1 Å². The Bertz CT molecular complexity index is 3540. The molecule has 0 bridgehead atoms. The highest BCUT2D eigenvalue weighted by Gasteiger charge is 2.27. The zero-order valence-corrected chi connectivity index (χ0v) is 35.7. The number of aryl methyl sites for hydroxylation is 6. The Morgan fingerprint density at radius 1 is 0.290 bits per heavy atom. The van der Waals surface area contributed by atoms with Crippen LogP contribution in [0.5, 0.6) is 0 Å². The molecule has 0 amide bonds. The van der Waals surface area contributed by atoms with Gasteiger partial charge in [0.1, 0.15) is 11.2 Å². The fraction of sp³-hybridized carbons (Fsp3) is 0.103. The molecular weight excluding hydrogens is 757 g/mol. The standard InChI is InChI=1S/C58H44N2O2/c1-33-19-21-35(3)51(31-33)59(49-17-9-15-43-41-13-7-11-37(5)55(41)61-57(43)49)47-29-25-39-24-28-46-48(30-26-40-23-27-45(47)53(39)54(40)46)60(52-32-34(2)20-22-36(52)4)50-18-10-16-44-42-14-8-12-38(6)56(42)62-58(44)50/h7-32H,1-6H3. The van der Waals surface area contributed by atoms with Gasteiger partial charge in [-0.25, -0.2) is 0 Å². The van der Waals surface area contributed by atoms with Gasteiger partial charge in [0.25, 0.3) is 0 Å². The van der Waals surface area contributed by atoms with Gasteiger partial charge in [0.05, 0.1) is 22.7 Å². The normalized spacial score (nSPS) is 12.0. The van der Waals surface area contributed by atoms with Crippen molar-refractivity contribution in [2.75, 3.05) is 9.80 Å². The van der Waals surface area contributed by atoms with E-state index in [4.69, 9.17) is 8.83 Å². The third-order valence-electron chi connectivity index (χ3n) is 13.2. The molecule has 0 aliphatic rings. The van der Waals surface area contributed by atoms with Gasteiger partial charge < -0.3 is 18.6 Å². The van der Waals surface area contributed by atoms with Gasteiger partial charge in [-0.15, -0.1) is 0 Å². The molecule has 12 aromatic rings. The Balaban J connectivity index is 1.16. The van der Waals surface area contributed by atoms with Crippen LogP contribution in [-0.4, -0.2) is 0 Å². The highest BCUT2D eigenvalue weighted by molar-refractivity contribution is 6.29. The minimum Gasteiger partial charge on any atom is -0.454 e. The lowest BCUT2D eigenvalue weighted by molar-refractivity contribution is 0.665. The molecule has 0 unspecified atom stereocenters. The van der Waals surface area contributed by atoms with Gasteiger partial charge in [0.15, 0.2) is 11.2 Å². The third-order valence-corrected chi connectivity index (χ3v) is 13.2. The van der Waals surface area contributed by atoms with Crippen molar-refractivity contribution < 1.29 is 8.83 Å². The summed E-state index contributed by atoms with van der Waals surface area (Å²) in [4.78, 5) is 4.86. The second-order valence-electron chi connectivity index (χ2n) is 17.3. The molecule has 62 heavy (non-hydrogen) atoms. The lowest BCUT2D eigenvalue weighted by atomic mass is 9.91. The molecule has 0 saturated heterocycles. The number of rotatable bonds is 6. The smallest absolute Gasteiger partial charge is 0.159 e. The number of fused-ring (bicyclic) bond motifs is 6. The maximum atomic E-state index is 6.88. The number of nitrogens with zero attached hydrogens (tertiary/aromatic N) is 2. The van der Waals surface area contributed by atoms with Crippen LogP contribution in [0.1, 0.15) is 33.4 Å².